The van der Waals surface area contributed by atoms with Gasteiger partial charge >= 0.3 is 0 Å². The molecule has 2 heterocycles. The molecule has 2 aromatic rings. The maximum atomic E-state index is 8.72. The first-order valence-electron chi connectivity index (χ1n) is 7.90. The largest absolute Gasteiger partial charge is 0.379 e. The molecule has 0 bridgehead atoms. The minimum Gasteiger partial charge on any atom is -0.379 e. The van der Waals surface area contributed by atoms with Crippen LogP contribution in [-0.2, 0) is 11.3 Å². The van der Waals surface area contributed by atoms with E-state index in [0.717, 1.165) is 54.8 Å². The van der Waals surface area contributed by atoms with E-state index in [1.165, 1.54) is 6.20 Å². The maximum absolute atomic E-state index is 8.72. The van der Waals surface area contributed by atoms with Crippen LogP contribution in [0.5, 0.6) is 0 Å². The standard InChI is InChI=1S/C18H17N5OS/c19-9-14(10-20)11-21-16-3-1-15(2-4-16)18-22-17(13-25-18)12-23-5-7-24-8-6-23/h1-4,11,13,21H,5-8,12H2. The second kappa shape index (κ2) is 8.41. The van der Waals surface area contributed by atoms with Crippen molar-refractivity contribution >= 4 is 17.0 Å². The number of aromatic nitrogens is 1. The van der Waals surface area contributed by atoms with Gasteiger partial charge in [-0.15, -0.1) is 11.3 Å². The van der Waals surface area contributed by atoms with E-state index in [4.69, 9.17) is 20.2 Å². The van der Waals surface area contributed by atoms with E-state index in [-0.39, 0.29) is 5.57 Å². The van der Waals surface area contributed by atoms with Crippen molar-refractivity contribution in [3.05, 3.63) is 47.1 Å². The third-order valence-electron chi connectivity index (χ3n) is 3.80. The van der Waals surface area contributed by atoms with Crippen molar-refractivity contribution in [1.29, 1.82) is 10.5 Å². The lowest BCUT2D eigenvalue weighted by Crippen LogP contribution is -2.35. The van der Waals surface area contributed by atoms with Gasteiger partial charge in [-0.25, -0.2) is 4.98 Å². The van der Waals surface area contributed by atoms with Gasteiger partial charge in [-0.1, -0.05) is 0 Å². The quantitative estimate of drug-likeness (QED) is 0.834. The van der Waals surface area contributed by atoms with Crippen molar-refractivity contribution in [3.63, 3.8) is 0 Å². The lowest BCUT2D eigenvalue weighted by Gasteiger charge is -2.25. The van der Waals surface area contributed by atoms with Crippen LogP contribution >= 0.6 is 11.3 Å². The van der Waals surface area contributed by atoms with E-state index in [1.807, 2.05) is 36.4 Å². The van der Waals surface area contributed by atoms with Crippen LogP contribution in [0.15, 0.2) is 41.4 Å². The van der Waals surface area contributed by atoms with E-state index in [2.05, 4.69) is 15.6 Å². The van der Waals surface area contributed by atoms with Crippen LogP contribution in [0.1, 0.15) is 5.69 Å². The normalized spacial score (nSPS) is 14.3. The second-order valence-electron chi connectivity index (χ2n) is 5.54. The van der Waals surface area contributed by atoms with Gasteiger partial charge in [0.05, 0.1) is 18.9 Å². The molecule has 1 aromatic carbocycles. The van der Waals surface area contributed by atoms with E-state index < -0.39 is 0 Å². The number of nitriles is 2. The summed E-state index contributed by atoms with van der Waals surface area (Å²) in [6, 6.07) is 11.4. The molecule has 126 valence electrons. The molecule has 0 radical (unpaired) electrons. The van der Waals surface area contributed by atoms with Gasteiger partial charge in [0.15, 0.2) is 0 Å². The molecule has 0 spiro atoms. The fourth-order valence-corrected chi connectivity index (χ4v) is 3.27. The van der Waals surface area contributed by atoms with E-state index in [9.17, 15) is 0 Å². The van der Waals surface area contributed by atoms with Gasteiger partial charge in [-0.2, -0.15) is 10.5 Å². The van der Waals surface area contributed by atoms with Gasteiger partial charge in [0.25, 0.3) is 0 Å². The highest BCUT2D eigenvalue weighted by Gasteiger charge is 2.13. The van der Waals surface area contributed by atoms with Gasteiger partial charge in [0.1, 0.15) is 22.7 Å². The SMILES string of the molecule is N#CC(C#N)=CNc1ccc(-c2nc(CN3CCOCC3)cs2)cc1. The monoisotopic (exact) mass is 351 g/mol. The Labute approximate surface area is 150 Å². The highest BCUT2D eigenvalue weighted by atomic mass is 32.1. The van der Waals surface area contributed by atoms with Gasteiger partial charge in [-0.3, -0.25) is 4.90 Å². The minimum absolute atomic E-state index is 0.0387. The minimum atomic E-state index is 0.0387. The molecule has 0 amide bonds. The number of anilines is 1. The third-order valence-corrected chi connectivity index (χ3v) is 4.74. The summed E-state index contributed by atoms with van der Waals surface area (Å²) < 4.78 is 5.37. The number of allylic oxidation sites excluding steroid dienone is 1. The molecule has 1 aromatic heterocycles. The van der Waals surface area contributed by atoms with Crippen LogP contribution in [0.3, 0.4) is 0 Å². The highest BCUT2D eigenvalue weighted by molar-refractivity contribution is 7.13. The zero-order valence-electron chi connectivity index (χ0n) is 13.6. The summed E-state index contributed by atoms with van der Waals surface area (Å²) in [5.41, 5.74) is 2.99. The van der Waals surface area contributed by atoms with E-state index >= 15 is 0 Å². The topological polar surface area (TPSA) is 85.0 Å². The number of benzene rings is 1. The van der Waals surface area contributed by atoms with Crippen molar-refractivity contribution in [1.82, 2.24) is 9.88 Å². The Hall–Kier alpha value is -2.71. The molecule has 6 nitrogen and oxygen atoms in total. The molecule has 25 heavy (non-hydrogen) atoms. The molecule has 0 saturated carbocycles. The van der Waals surface area contributed by atoms with E-state index in [0.29, 0.717) is 0 Å². The number of nitrogens with zero attached hydrogens (tertiary/aromatic N) is 4. The molecule has 3 rings (SSSR count). The molecule has 0 unspecified atom stereocenters. The maximum Gasteiger partial charge on any atom is 0.145 e. The van der Waals surface area contributed by atoms with Gasteiger partial charge in [0.2, 0.25) is 0 Å². The Morgan fingerprint density at radius 2 is 1.96 bits per heavy atom. The van der Waals surface area contributed by atoms with Crippen molar-refractivity contribution in [2.45, 2.75) is 6.54 Å². The number of nitrogens with one attached hydrogen (secondary N) is 1. The third kappa shape index (κ3) is 4.65. The number of rotatable bonds is 5. The number of ether oxygens (including phenoxy) is 1. The molecular weight excluding hydrogens is 334 g/mol. The molecule has 7 heteroatoms. The van der Waals surface area contributed by atoms with Crippen molar-refractivity contribution in [3.8, 4) is 22.7 Å². The van der Waals surface area contributed by atoms with Gasteiger partial charge < -0.3 is 10.1 Å². The lowest BCUT2D eigenvalue weighted by atomic mass is 10.2. The number of hydrogen-bond acceptors (Lipinski definition) is 7. The van der Waals surface area contributed by atoms with Crippen LogP contribution in [0.25, 0.3) is 10.6 Å². The molecule has 1 aliphatic rings. The highest BCUT2D eigenvalue weighted by Crippen LogP contribution is 2.25. The molecule has 1 aliphatic heterocycles. The summed E-state index contributed by atoms with van der Waals surface area (Å²) in [5.74, 6) is 0. The van der Waals surface area contributed by atoms with Crippen LogP contribution in [0, 0.1) is 22.7 Å². The molecule has 1 fully saturated rings. The Balaban J connectivity index is 1.63. The summed E-state index contributed by atoms with van der Waals surface area (Å²) in [4.78, 5) is 7.07. The predicted octanol–water partition coefficient (Wildman–Crippen LogP) is 2.99. The van der Waals surface area contributed by atoms with Crippen LogP contribution in [0.4, 0.5) is 5.69 Å². The molecule has 0 atom stereocenters. The first kappa shape index (κ1) is 17.1. The lowest BCUT2D eigenvalue weighted by molar-refractivity contribution is 0.0337. The van der Waals surface area contributed by atoms with E-state index in [1.54, 1.807) is 11.3 Å². The molecular formula is C18H17N5OS. The van der Waals surface area contributed by atoms with Crippen LogP contribution < -0.4 is 5.32 Å². The zero-order chi connectivity index (χ0) is 17.5. The average molecular weight is 351 g/mol. The molecule has 1 saturated heterocycles. The number of thiazole rings is 1. The zero-order valence-corrected chi connectivity index (χ0v) is 14.4. The van der Waals surface area contributed by atoms with Crippen molar-refractivity contribution in [2.75, 3.05) is 31.6 Å². The molecule has 0 aliphatic carbocycles. The van der Waals surface area contributed by atoms with Crippen molar-refractivity contribution in [2.24, 2.45) is 0 Å². The van der Waals surface area contributed by atoms with Gasteiger partial charge in [-0.05, 0) is 24.3 Å². The van der Waals surface area contributed by atoms with Crippen LogP contribution in [0.2, 0.25) is 0 Å². The van der Waals surface area contributed by atoms with Crippen LogP contribution in [-0.4, -0.2) is 36.2 Å². The Morgan fingerprint density at radius 3 is 2.64 bits per heavy atom. The number of morpholine rings is 1. The number of hydrogen-bond donors (Lipinski definition) is 1. The predicted molar refractivity (Wildman–Crippen MR) is 96.6 cm³/mol. The summed E-state index contributed by atoms with van der Waals surface area (Å²) in [6.45, 7) is 4.34. The first-order valence-corrected chi connectivity index (χ1v) is 8.78. The Morgan fingerprint density at radius 1 is 1.24 bits per heavy atom. The smallest absolute Gasteiger partial charge is 0.145 e. The Kier molecular flexibility index (Phi) is 5.76. The summed E-state index contributed by atoms with van der Waals surface area (Å²) in [7, 11) is 0. The fraction of sp³-hybridized carbons (Fsp3) is 0.278. The fourth-order valence-electron chi connectivity index (χ4n) is 2.45. The second-order valence-corrected chi connectivity index (χ2v) is 6.39. The summed E-state index contributed by atoms with van der Waals surface area (Å²) in [6.07, 6.45) is 1.40. The summed E-state index contributed by atoms with van der Waals surface area (Å²) in [5, 5.41) is 23.5. The summed E-state index contributed by atoms with van der Waals surface area (Å²) >= 11 is 1.64. The molecule has 1 N–H and O–H groups in total. The Bertz CT molecular complexity index is 806. The average Bonchev–Trinajstić information content (AvgIpc) is 3.12. The van der Waals surface area contributed by atoms with Gasteiger partial charge in [0, 0.05) is 42.5 Å². The first-order chi connectivity index (χ1) is 12.3. The van der Waals surface area contributed by atoms with Crippen molar-refractivity contribution < 1.29 is 4.74 Å².